The Labute approximate surface area is 206 Å². The molecule has 0 radical (unpaired) electrons. The van der Waals surface area contributed by atoms with Gasteiger partial charge >= 0.3 is 43.7 Å². The molecule has 2 aromatic carbocycles. The normalized spacial score (nSPS) is 17.3. The number of carbonyl (C=O) groups excluding carboxylic acids is 1. The number of aliphatic carboxylic acids is 1. The van der Waals surface area contributed by atoms with Crippen molar-refractivity contribution >= 4 is 61.2 Å². The summed E-state index contributed by atoms with van der Waals surface area (Å²) in [7, 11) is 0. The molecular weight excluding hydrogens is 418 g/mol. The van der Waals surface area contributed by atoms with Crippen molar-refractivity contribution in [2.75, 3.05) is 26.3 Å². The minimum absolute atomic E-state index is 0. The van der Waals surface area contributed by atoms with Crippen LogP contribution in [-0.4, -0.2) is 85.9 Å². The van der Waals surface area contributed by atoms with Gasteiger partial charge in [-0.15, -0.1) is 0 Å². The molecular formula is C22H26CaClNO4. The van der Waals surface area contributed by atoms with Crippen molar-refractivity contribution in [2.24, 2.45) is 5.92 Å². The van der Waals surface area contributed by atoms with Gasteiger partial charge in [-0.25, -0.2) is 4.79 Å². The third-order valence-electron chi connectivity index (χ3n) is 5.12. The maximum atomic E-state index is 12.5. The topological polar surface area (TPSA) is 66.8 Å². The SMILES string of the molecule is O=C(O)COCC(=O)N1CCCC(C(c2ccccc2)c2ccc(Cl)cc2)C1.[CaH2]. The van der Waals surface area contributed by atoms with Crippen molar-refractivity contribution in [1.29, 1.82) is 0 Å². The molecule has 1 N–H and O–H groups in total. The summed E-state index contributed by atoms with van der Waals surface area (Å²) in [5.74, 6) is -0.806. The number of rotatable bonds is 7. The van der Waals surface area contributed by atoms with Gasteiger partial charge in [-0.1, -0.05) is 54.1 Å². The van der Waals surface area contributed by atoms with Crippen molar-refractivity contribution in [1.82, 2.24) is 4.90 Å². The molecule has 29 heavy (non-hydrogen) atoms. The van der Waals surface area contributed by atoms with E-state index >= 15 is 0 Å². The van der Waals surface area contributed by atoms with Crippen LogP contribution in [0.25, 0.3) is 0 Å². The fourth-order valence-corrected chi connectivity index (χ4v) is 4.02. The van der Waals surface area contributed by atoms with Crippen molar-refractivity contribution in [3.8, 4) is 0 Å². The molecule has 2 atom stereocenters. The standard InChI is InChI=1S/C22H24ClNO4.Ca.2H/c23-19-10-8-17(9-11-19)22(16-5-2-1-3-6-16)18-7-4-12-24(13-18)20(25)14-28-15-21(26)27;;;/h1-3,5-6,8-11,18,22H,4,7,12-15H2,(H,26,27);;;. The Balaban J connectivity index is 0.00000300. The van der Waals surface area contributed by atoms with Crippen LogP contribution in [0.3, 0.4) is 0 Å². The van der Waals surface area contributed by atoms with E-state index in [2.05, 4.69) is 24.3 Å². The van der Waals surface area contributed by atoms with E-state index in [1.165, 1.54) is 11.1 Å². The Hall–Kier alpha value is -1.11. The zero-order valence-corrected chi connectivity index (χ0v) is 16.3. The monoisotopic (exact) mass is 443 g/mol. The summed E-state index contributed by atoms with van der Waals surface area (Å²) >= 11 is 6.08. The molecule has 1 fully saturated rings. The zero-order chi connectivity index (χ0) is 19.9. The van der Waals surface area contributed by atoms with Gasteiger partial charge in [0.25, 0.3) is 0 Å². The summed E-state index contributed by atoms with van der Waals surface area (Å²) in [5, 5.41) is 9.36. The molecule has 0 aromatic heterocycles. The summed E-state index contributed by atoms with van der Waals surface area (Å²) in [6.07, 6.45) is 1.92. The Morgan fingerprint density at radius 1 is 1.07 bits per heavy atom. The molecule has 1 aliphatic rings. The average molecular weight is 444 g/mol. The van der Waals surface area contributed by atoms with Gasteiger partial charge in [0.1, 0.15) is 13.2 Å². The summed E-state index contributed by atoms with van der Waals surface area (Å²) in [5.41, 5.74) is 2.39. The van der Waals surface area contributed by atoms with Crippen LogP contribution in [0.5, 0.6) is 0 Å². The molecule has 0 saturated carbocycles. The number of hydrogen-bond donors (Lipinski definition) is 1. The van der Waals surface area contributed by atoms with E-state index < -0.39 is 12.6 Å². The molecule has 0 aliphatic carbocycles. The molecule has 1 aliphatic heterocycles. The van der Waals surface area contributed by atoms with Gasteiger partial charge in [0.2, 0.25) is 5.91 Å². The molecule has 0 spiro atoms. The number of carboxylic acids is 1. The molecule has 5 nitrogen and oxygen atoms in total. The van der Waals surface area contributed by atoms with E-state index in [1.54, 1.807) is 4.90 Å². The number of amides is 1. The first kappa shape index (κ1) is 24.2. The molecule has 0 bridgehead atoms. The van der Waals surface area contributed by atoms with Crippen LogP contribution in [-0.2, 0) is 14.3 Å². The van der Waals surface area contributed by atoms with Crippen LogP contribution in [0.15, 0.2) is 54.6 Å². The van der Waals surface area contributed by atoms with Crippen LogP contribution in [0.1, 0.15) is 29.9 Å². The number of benzene rings is 2. The van der Waals surface area contributed by atoms with E-state index in [-0.39, 0.29) is 62.1 Å². The van der Waals surface area contributed by atoms with Gasteiger partial charge in [0, 0.05) is 24.0 Å². The number of nitrogens with zero attached hydrogens (tertiary/aromatic N) is 1. The van der Waals surface area contributed by atoms with E-state index in [0.717, 1.165) is 12.8 Å². The Morgan fingerprint density at radius 3 is 2.38 bits per heavy atom. The first-order valence-electron chi connectivity index (χ1n) is 9.42. The molecule has 1 amide bonds. The van der Waals surface area contributed by atoms with E-state index in [0.29, 0.717) is 18.1 Å². The quantitative estimate of drug-likeness (QED) is 0.668. The van der Waals surface area contributed by atoms with Gasteiger partial charge in [0.05, 0.1) is 0 Å². The molecule has 1 saturated heterocycles. The fraction of sp³-hybridized carbons (Fsp3) is 0.364. The van der Waals surface area contributed by atoms with Crippen LogP contribution < -0.4 is 0 Å². The number of hydrogen-bond acceptors (Lipinski definition) is 3. The first-order chi connectivity index (χ1) is 13.5. The number of carbonyl (C=O) groups is 2. The second kappa shape index (κ2) is 11.9. The summed E-state index contributed by atoms with van der Waals surface area (Å²) in [6.45, 7) is 0.641. The molecule has 2 aromatic rings. The second-order valence-electron chi connectivity index (χ2n) is 7.07. The Kier molecular flexibility index (Phi) is 9.93. The van der Waals surface area contributed by atoms with Gasteiger partial charge in [-0.2, -0.15) is 0 Å². The van der Waals surface area contributed by atoms with E-state index in [9.17, 15) is 9.59 Å². The first-order valence-corrected chi connectivity index (χ1v) is 9.80. The fourth-order valence-electron chi connectivity index (χ4n) is 3.89. The summed E-state index contributed by atoms with van der Waals surface area (Å²) < 4.78 is 4.98. The van der Waals surface area contributed by atoms with Gasteiger partial charge in [-0.05, 0) is 42.0 Å². The summed E-state index contributed by atoms with van der Waals surface area (Å²) in [6, 6.07) is 18.2. The maximum absolute atomic E-state index is 12.5. The Morgan fingerprint density at radius 2 is 1.72 bits per heavy atom. The van der Waals surface area contributed by atoms with Crippen LogP contribution >= 0.6 is 11.6 Å². The molecule has 1 heterocycles. The number of halogens is 1. The van der Waals surface area contributed by atoms with Crippen LogP contribution in [0.4, 0.5) is 0 Å². The number of piperidine rings is 1. The minimum atomic E-state index is -1.07. The summed E-state index contributed by atoms with van der Waals surface area (Å²) in [4.78, 5) is 24.8. The molecule has 7 heteroatoms. The third-order valence-corrected chi connectivity index (χ3v) is 5.37. The second-order valence-corrected chi connectivity index (χ2v) is 7.50. The van der Waals surface area contributed by atoms with Gasteiger partial charge in [0.15, 0.2) is 0 Å². The Bertz CT molecular complexity index is 800. The average Bonchev–Trinajstić information content (AvgIpc) is 2.70. The number of carboxylic acid groups (broad SMARTS) is 1. The van der Waals surface area contributed by atoms with Crippen LogP contribution in [0.2, 0.25) is 5.02 Å². The van der Waals surface area contributed by atoms with Gasteiger partial charge in [-0.3, -0.25) is 4.79 Å². The van der Waals surface area contributed by atoms with Crippen LogP contribution in [0, 0.1) is 5.92 Å². The van der Waals surface area contributed by atoms with Gasteiger partial charge < -0.3 is 14.7 Å². The number of likely N-dealkylation sites (tertiary alicyclic amines) is 1. The van der Waals surface area contributed by atoms with Crippen molar-refractivity contribution in [3.63, 3.8) is 0 Å². The van der Waals surface area contributed by atoms with E-state index in [1.807, 2.05) is 30.3 Å². The molecule has 152 valence electrons. The predicted octanol–water partition coefficient (Wildman–Crippen LogP) is 2.90. The predicted molar refractivity (Wildman–Crippen MR) is 116 cm³/mol. The van der Waals surface area contributed by atoms with Crippen molar-refractivity contribution < 1.29 is 19.4 Å². The zero-order valence-electron chi connectivity index (χ0n) is 15.6. The molecule has 2 unspecified atom stereocenters. The van der Waals surface area contributed by atoms with Crippen molar-refractivity contribution in [2.45, 2.75) is 18.8 Å². The number of ether oxygens (including phenoxy) is 1. The van der Waals surface area contributed by atoms with Crippen molar-refractivity contribution in [3.05, 3.63) is 70.7 Å². The molecule has 3 rings (SSSR count). The third kappa shape index (κ3) is 6.97. The van der Waals surface area contributed by atoms with E-state index in [4.69, 9.17) is 21.4 Å².